The predicted octanol–water partition coefficient (Wildman–Crippen LogP) is 0.181. The van der Waals surface area contributed by atoms with Crippen molar-refractivity contribution in [3.63, 3.8) is 0 Å². The van der Waals surface area contributed by atoms with E-state index in [1.165, 1.54) is 10.7 Å². The molecular formula is C12H12N4O2. The largest absolute Gasteiger partial charge is 0.370 e. The van der Waals surface area contributed by atoms with Gasteiger partial charge in [0.15, 0.2) is 0 Å². The summed E-state index contributed by atoms with van der Waals surface area (Å²) in [5.74, 6) is -0.466. The van der Waals surface area contributed by atoms with Gasteiger partial charge in [0.05, 0.1) is 12.2 Å². The van der Waals surface area contributed by atoms with Gasteiger partial charge in [-0.3, -0.25) is 14.6 Å². The van der Waals surface area contributed by atoms with E-state index in [4.69, 9.17) is 5.73 Å². The highest BCUT2D eigenvalue weighted by molar-refractivity contribution is 5.73. The third-order valence-corrected chi connectivity index (χ3v) is 2.36. The molecule has 0 aliphatic rings. The van der Waals surface area contributed by atoms with Gasteiger partial charge in [0.25, 0.3) is 5.56 Å². The molecule has 2 N–H and O–H groups in total. The van der Waals surface area contributed by atoms with Crippen molar-refractivity contribution in [3.8, 4) is 11.4 Å². The molecule has 0 saturated carbocycles. The molecular weight excluding hydrogens is 232 g/mol. The number of hydrogen-bond acceptors (Lipinski definition) is 4. The Hall–Kier alpha value is -2.50. The van der Waals surface area contributed by atoms with E-state index in [0.29, 0.717) is 11.4 Å². The Balaban J connectivity index is 2.32. The van der Waals surface area contributed by atoms with Gasteiger partial charge in [-0.15, -0.1) is 0 Å². The molecule has 6 nitrogen and oxygen atoms in total. The molecule has 1 amide bonds. The molecule has 6 heteroatoms. The molecule has 0 spiro atoms. The summed E-state index contributed by atoms with van der Waals surface area (Å²) >= 11 is 0. The molecule has 92 valence electrons. The molecule has 18 heavy (non-hydrogen) atoms. The summed E-state index contributed by atoms with van der Waals surface area (Å²) in [7, 11) is 0. The fourth-order valence-electron chi connectivity index (χ4n) is 1.48. The van der Waals surface area contributed by atoms with Crippen LogP contribution in [0, 0.1) is 0 Å². The molecule has 2 rings (SSSR count). The minimum absolute atomic E-state index is 0.0819. The van der Waals surface area contributed by atoms with Gasteiger partial charge in [-0.05, 0) is 18.2 Å². The van der Waals surface area contributed by atoms with Gasteiger partial charge in [0.2, 0.25) is 5.91 Å². The molecule has 2 aromatic rings. The summed E-state index contributed by atoms with van der Waals surface area (Å²) < 4.78 is 1.22. The number of carbonyl (C=O) groups excluding carboxylic acids is 1. The van der Waals surface area contributed by atoms with Crippen LogP contribution < -0.4 is 11.3 Å². The van der Waals surface area contributed by atoms with Crippen LogP contribution in [0.5, 0.6) is 0 Å². The highest BCUT2D eigenvalue weighted by Gasteiger charge is 2.05. The summed E-state index contributed by atoms with van der Waals surface area (Å²) in [5.41, 5.74) is 6.03. The van der Waals surface area contributed by atoms with Crippen molar-refractivity contribution >= 4 is 5.91 Å². The van der Waals surface area contributed by atoms with Crippen LogP contribution in [-0.4, -0.2) is 20.7 Å². The smallest absolute Gasteiger partial charge is 0.266 e. The van der Waals surface area contributed by atoms with Crippen LogP contribution in [0.1, 0.15) is 6.42 Å². The average molecular weight is 244 g/mol. The summed E-state index contributed by atoms with van der Waals surface area (Å²) in [6, 6.07) is 8.43. The zero-order valence-electron chi connectivity index (χ0n) is 9.61. The molecule has 0 aliphatic carbocycles. The summed E-state index contributed by atoms with van der Waals surface area (Å²) in [5, 5.41) is 4.15. The normalized spacial score (nSPS) is 10.2. The number of nitrogens with zero attached hydrogens (tertiary/aromatic N) is 3. The summed E-state index contributed by atoms with van der Waals surface area (Å²) in [6.07, 6.45) is 1.73. The Kier molecular flexibility index (Phi) is 3.47. The lowest BCUT2D eigenvalue weighted by molar-refractivity contribution is -0.118. The Morgan fingerprint density at radius 2 is 2.06 bits per heavy atom. The second-order valence-corrected chi connectivity index (χ2v) is 3.71. The first-order valence-corrected chi connectivity index (χ1v) is 5.45. The summed E-state index contributed by atoms with van der Waals surface area (Å²) in [4.78, 5) is 26.4. The van der Waals surface area contributed by atoms with Gasteiger partial charge < -0.3 is 5.73 Å². The standard InChI is InChI=1S/C12H12N4O2/c13-11(17)6-8-16-12(18)5-4-10(15-16)9-3-1-2-7-14-9/h1-5,7H,6,8H2,(H2,13,17). The predicted molar refractivity (Wildman–Crippen MR) is 65.5 cm³/mol. The van der Waals surface area contributed by atoms with Crippen LogP contribution in [0.2, 0.25) is 0 Å². The van der Waals surface area contributed by atoms with Crippen LogP contribution in [0.25, 0.3) is 11.4 Å². The van der Waals surface area contributed by atoms with Crippen LogP contribution in [0.3, 0.4) is 0 Å². The first kappa shape index (κ1) is 12.0. The number of aryl methyl sites for hydroxylation is 1. The second kappa shape index (κ2) is 5.22. The monoisotopic (exact) mass is 244 g/mol. The van der Waals surface area contributed by atoms with Crippen molar-refractivity contribution in [3.05, 3.63) is 46.9 Å². The van der Waals surface area contributed by atoms with Gasteiger partial charge >= 0.3 is 0 Å². The van der Waals surface area contributed by atoms with Crippen molar-refractivity contribution in [1.29, 1.82) is 0 Å². The molecule has 2 aromatic heterocycles. The zero-order valence-corrected chi connectivity index (χ0v) is 9.61. The average Bonchev–Trinajstić information content (AvgIpc) is 2.38. The van der Waals surface area contributed by atoms with Crippen molar-refractivity contribution in [2.45, 2.75) is 13.0 Å². The zero-order chi connectivity index (χ0) is 13.0. The number of pyridine rings is 1. The molecule has 0 aromatic carbocycles. The molecule has 0 aliphatic heterocycles. The molecule has 0 fully saturated rings. The fourth-order valence-corrected chi connectivity index (χ4v) is 1.48. The minimum Gasteiger partial charge on any atom is -0.370 e. The molecule has 0 bridgehead atoms. The maximum Gasteiger partial charge on any atom is 0.266 e. The van der Waals surface area contributed by atoms with E-state index < -0.39 is 5.91 Å². The number of primary amides is 1. The van der Waals surface area contributed by atoms with E-state index in [1.54, 1.807) is 24.4 Å². The molecule has 0 radical (unpaired) electrons. The molecule has 0 atom stereocenters. The lowest BCUT2D eigenvalue weighted by atomic mass is 10.2. The minimum atomic E-state index is -0.466. The molecule has 2 heterocycles. The highest BCUT2D eigenvalue weighted by atomic mass is 16.1. The van der Waals surface area contributed by atoms with E-state index in [9.17, 15) is 9.59 Å². The van der Waals surface area contributed by atoms with Crippen molar-refractivity contribution in [2.75, 3.05) is 0 Å². The van der Waals surface area contributed by atoms with Gasteiger partial charge in [0, 0.05) is 18.7 Å². The van der Waals surface area contributed by atoms with E-state index >= 15 is 0 Å². The lowest BCUT2D eigenvalue weighted by Gasteiger charge is -2.05. The van der Waals surface area contributed by atoms with Gasteiger partial charge in [0.1, 0.15) is 5.69 Å². The maximum absolute atomic E-state index is 11.5. The van der Waals surface area contributed by atoms with Gasteiger partial charge in [-0.25, -0.2) is 4.68 Å². The van der Waals surface area contributed by atoms with Gasteiger partial charge in [-0.2, -0.15) is 5.10 Å². The SMILES string of the molecule is NC(=O)CCn1nc(-c2ccccn2)ccc1=O. The number of nitrogens with two attached hydrogens (primary N) is 1. The van der Waals surface area contributed by atoms with Crippen molar-refractivity contribution in [2.24, 2.45) is 5.73 Å². The number of amides is 1. The third-order valence-electron chi connectivity index (χ3n) is 2.36. The fraction of sp³-hybridized carbons (Fsp3) is 0.167. The van der Waals surface area contributed by atoms with E-state index in [0.717, 1.165) is 0 Å². The lowest BCUT2D eigenvalue weighted by Crippen LogP contribution is -2.25. The Bertz CT molecular complexity index is 607. The first-order valence-electron chi connectivity index (χ1n) is 5.45. The topological polar surface area (TPSA) is 90.9 Å². The van der Waals surface area contributed by atoms with Crippen LogP contribution in [0.4, 0.5) is 0 Å². The molecule has 0 saturated heterocycles. The Morgan fingerprint density at radius 1 is 1.22 bits per heavy atom. The van der Waals surface area contributed by atoms with Gasteiger partial charge in [-0.1, -0.05) is 6.07 Å². The highest BCUT2D eigenvalue weighted by Crippen LogP contribution is 2.10. The number of aromatic nitrogens is 3. The number of hydrogen-bond donors (Lipinski definition) is 1. The number of rotatable bonds is 4. The van der Waals surface area contributed by atoms with Crippen molar-refractivity contribution in [1.82, 2.24) is 14.8 Å². The Labute approximate surface area is 103 Å². The van der Waals surface area contributed by atoms with E-state index in [-0.39, 0.29) is 18.5 Å². The van der Waals surface area contributed by atoms with E-state index in [1.807, 2.05) is 6.07 Å². The maximum atomic E-state index is 11.5. The summed E-state index contributed by atoms with van der Waals surface area (Å²) in [6.45, 7) is 0.175. The quantitative estimate of drug-likeness (QED) is 0.830. The van der Waals surface area contributed by atoms with Crippen LogP contribution in [-0.2, 0) is 11.3 Å². The second-order valence-electron chi connectivity index (χ2n) is 3.71. The van der Waals surface area contributed by atoms with Crippen LogP contribution >= 0.6 is 0 Å². The first-order chi connectivity index (χ1) is 8.66. The third kappa shape index (κ3) is 2.79. The van der Waals surface area contributed by atoms with Crippen LogP contribution in [0.15, 0.2) is 41.3 Å². The van der Waals surface area contributed by atoms with Crippen molar-refractivity contribution < 1.29 is 4.79 Å². The Morgan fingerprint density at radius 3 is 2.72 bits per heavy atom. The molecule has 0 unspecified atom stereocenters. The van der Waals surface area contributed by atoms with E-state index in [2.05, 4.69) is 10.1 Å². The number of carbonyl (C=O) groups is 1.